The molecule has 0 unspecified atom stereocenters. The first-order valence-corrected chi connectivity index (χ1v) is 8.58. The van der Waals surface area contributed by atoms with E-state index in [4.69, 9.17) is 4.74 Å². The summed E-state index contributed by atoms with van der Waals surface area (Å²) in [5.74, 6) is -0.805. The molecule has 0 bridgehead atoms. The first-order valence-electron chi connectivity index (χ1n) is 8.58. The van der Waals surface area contributed by atoms with Crippen molar-refractivity contribution in [3.05, 3.63) is 70.3 Å². The molecular formula is C20H18N4O5. The number of ether oxygens (including phenoxy) is 1. The summed E-state index contributed by atoms with van der Waals surface area (Å²) in [4.78, 5) is 22.4. The Kier molecular flexibility index (Phi) is 5.88. The van der Waals surface area contributed by atoms with Gasteiger partial charge in [-0.1, -0.05) is 36.4 Å². The number of hydrogen-bond donors (Lipinski definition) is 3. The van der Waals surface area contributed by atoms with Crippen LogP contribution in [0.3, 0.4) is 0 Å². The molecule has 9 heteroatoms. The van der Waals surface area contributed by atoms with E-state index in [0.717, 1.165) is 34.8 Å². The SMILES string of the molecule is COc1cc([N+](=O)[O-])cc(/C=N/NC(=O)CNc2cccc3ccccc23)c1O. The Morgan fingerprint density at radius 2 is 2.00 bits per heavy atom. The lowest BCUT2D eigenvalue weighted by Gasteiger charge is -2.09. The van der Waals surface area contributed by atoms with Gasteiger partial charge in [-0.2, -0.15) is 5.10 Å². The Morgan fingerprint density at radius 3 is 2.76 bits per heavy atom. The van der Waals surface area contributed by atoms with Crippen LogP contribution < -0.4 is 15.5 Å². The van der Waals surface area contributed by atoms with Crippen molar-refractivity contribution in [2.75, 3.05) is 19.0 Å². The van der Waals surface area contributed by atoms with Crippen molar-refractivity contribution in [3.63, 3.8) is 0 Å². The first kappa shape index (κ1) is 19.6. The molecule has 0 fully saturated rings. The summed E-state index contributed by atoms with van der Waals surface area (Å²) in [5, 5.41) is 29.9. The van der Waals surface area contributed by atoms with Gasteiger partial charge in [0, 0.05) is 22.7 Å². The van der Waals surface area contributed by atoms with Gasteiger partial charge in [-0.3, -0.25) is 14.9 Å². The average molecular weight is 394 g/mol. The minimum Gasteiger partial charge on any atom is -0.504 e. The summed E-state index contributed by atoms with van der Waals surface area (Å²) in [7, 11) is 1.28. The van der Waals surface area contributed by atoms with E-state index in [2.05, 4.69) is 15.8 Å². The Balaban J connectivity index is 1.65. The molecule has 3 aromatic rings. The second-order valence-corrected chi connectivity index (χ2v) is 6.02. The van der Waals surface area contributed by atoms with Crippen LogP contribution in [0.5, 0.6) is 11.5 Å². The Morgan fingerprint density at radius 1 is 1.24 bits per heavy atom. The molecule has 1 amide bonds. The van der Waals surface area contributed by atoms with Crippen molar-refractivity contribution >= 4 is 34.3 Å². The number of phenols is 1. The number of rotatable bonds is 7. The van der Waals surface area contributed by atoms with E-state index in [9.17, 15) is 20.0 Å². The van der Waals surface area contributed by atoms with Gasteiger partial charge in [0.1, 0.15) is 0 Å². The average Bonchev–Trinajstić information content (AvgIpc) is 2.73. The highest BCUT2D eigenvalue weighted by Gasteiger charge is 2.15. The zero-order chi connectivity index (χ0) is 20.8. The lowest BCUT2D eigenvalue weighted by Crippen LogP contribution is -2.25. The lowest BCUT2D eigenvalue weighted by atomic mass is 10.1. The van der Waals surface area contributed by atoms with Crippen molar-refractivity contribution in [2.45, 2.75) is 0 Å². The minimum atomic E-state index is -0.619. The third kappa shape index (κ3) is 4.59. The van der Waals surface area contributed by atoms with Crippen LogP contribution in [0, 0.1) is 10.1 Å². The second kappa shape index (κ2) is 8.70. The Bertz CT molecular complexity index is 1090. The van der Waals surface area contributed by atoms with E-state index in [1.54, 1.807) is 0 Å². The number of nitrogens with one attached hydrogen (secondary N) is 2. The van der Waals surface area contributed by atoms with Crippen LogP contribution in [-0.4, -0.2) is 35.8 Å². The molecule has 3 N–H and O–H groups in total. The van der Waals surface area contributed by atoms with Crippen LogP contribution in [0.25, 0.3) is 10.8 Å². The van der Waals surface area contributed by atoms with Gasteiger partial charge < -0.3 is 15.2 Å². The van der Waals surface area contributed by atoms with E-state index in [-0.39, 0.29) is 29.3 Å². The van der Waals surface area contributed by atoms with Crippen LogP contribution in [-0.2, 0) is 4.79 Å². The predicted octanol–water partition coefficient (Wildman–Crippen LogP) is 3.02. The number of nitro benzene ring substituents is 1. The number of hydrazone groups is 1. The molecule has 0 aromatic heterocycles. The van der Waals surface area contributed by atoms with Gasteiger partial charge in [0.15, 0.2) is 11.5 Å². The quantitative estimate of drug-likeness (QED) is 0.321. The second-order valence-electron chi connectivity index (χ2n) is 6.02. The molecule has 0 radical (unpaired) electrons. The molecule has 0 aliphatic rings. The normalized spacial score (nSPS) is 10.8. The summed E-state index contributed by atoms with van der Waals surface area (Å²) in [6.45, 7) is -0.0322. The van der Waals surface area contributed by atoms with Gasteiger partial charge in [0.05, 0.1) is 30.9 Å². The van der Waals surface area contributed by atoms with Crippen LogP contribution in [0.4, 0.5) is 11.4 Å². The number of nitro groups is 1. The first-order chi connectivity index (χ1) is 14.0. The smallest absolute Gasteiger partial charge is 0.274 e. The molecule has 3 rings (SSSR count). The number of aromatic hydroxyl groups is 1. The largest absolute Gasteiger partial charge is 0.504 e. The molecule has 29 heavy (non-hydrogen) atoms. The van der Waals surface area contributed by atoms with E-state index in [0.29, 0.717) is 0 Å². The van der Waals surface area contributed by atoms with Gasteiger partial charge in [-0.05, 0) is 11.5 Å². The minimum absolute atomic E-state index is 0.0322. The fraction of sp³-hybridized carbons (Fsp3) is 0.100. The molecule has 0 saturated heterocycles. The van der Waals surface area contributed by atoms with E-state index in [1.165, 1.54) is 7.11 Å². The number of carbonyl (C=O) groups excluding carboxylic acids is 1. The number of amides is 1. The molecule has 9 nitrogen and oxygen atoms in total. The Hall–Kier alpha value is -4.14. The fourth-order valence-corrected chi connectivity index (χ4v) is 2.74. The number of non-ortho nitro benzene ring substituents is 1. The van der Waals surface area contributed by atoms with Crippen LogP contribution in [0.15, 0.2) is 59.7 Å². The van der Waals surface area contributed by atoms with Crippen molar-refractivity contribution in [3.8, 4) is 11.5 Å². The maximum Gasteiger partial charge on any atom is 0.274 e. The van der Waals surface area contributed by atoms with Gasteiger partial charge in [0.25, 0.3) is 11.6 Å². The standard InChI is InChI=1S/C20H18N4O5/c1-29-18-10-15(24(27)28)9-14(20(18)26)11-22-23-19(25)12-21-17-8-4-6-13-5-2-3-7-16(13)17/h2-11,21,26H,12H2,1H3,(H,23,25)/b22-11+. The highest BCUT2D eigenvalue weighted by Crippen LogP contribution is 2.33. The van der Waals surface area contributed by atoms with Crippen molar-refractivity contribution in [1.82, 2.24) is 5.43 Å². The molecule has 0 saturated carbocycles. The van der Waals surface area contributed by atoms with Gasteiger partial charge in [-0.25, -0.2) is 5.43 Å². The fourth-order valence-electron chi connectivity index (χ4n) is 2.74. The van der Waals surface area contributed by atoms with Crippen molar-refractivity contribution < 1.29 is 19.6 Å². The van der Waals surface area contributed by atoms with Gasteiger partial charge in [-0.15, -0.1) is 0 Å². The van der Waals surface area contributed by atoms with Crippen molar-refractivity contribution in [1.29, 1.82) is 0 Å². The summed E-state index contributed by atoms with van der Waals surface area (Å²) in [6.07, 6.45) is 1.11. The Labute approximate surface area is 165 Å². The number of hydrogen-bond acceptors (Lipinski definition) is 7. The third-order valence-corrected chi connectivity index (χ3v) is 4.14. The summed E-state index contributed by atoms with van der Waals surface area (Å²) in [6, 6.07) is 15.7. The zero-order valence-corrected chi connectivity index (χ0v) is 15.5. The van der Waals surface area contributed by atoms with Crippen LogP contribution in [0.1, 0.15) is 5.56 Å². The molecule has 0 aliphatic heterocycles. The van der Waals surface area contributed by atoms with Gasteiger partial charge >= 0.3 is 0 Å². The number of fused-ring (bicyclic) bond motifs is 1. The van der Waals surface area contributed by atoms with E-state index < -0.39 is 10.8 Å². The summed E-state index contributed by atoms with van der Waals surface area (Å²) < 4.78 is 4.91. The van der Waals surface area contributed by atoms with Crippen LogP contribution >= 0.6 is 0 Å². The zero-order valence-electron chi connectivity index (χ0n) is 15.5. The predicted molar refractivity (Wildman–Crippen MR) is 109 cm³/mol. The number of nitrogens with zero attached hydrogens (tertiary/aromatic N) is 2. The number of benzene rings is 3. The highest BCUT2D eigenvalue weighted by molar-refractivity contribution is 5.95. The van der Waals surface area contributed by atoms with Crippen molar-refractivity contribution in [2.24, 2.45) is 5.10 Å². The summed E-state index contributed by atoms with van der Waals surface area (Å²) in [5.41, 5.74) is 2.88. The summed E-state index contributed by atoms with van der Waals surface area (Å²) >= 11 is 0. The number of carbonyl (C=O) groups is 1. The molecule has 0 heterocycles. The monoisotopic (exact) mass is 394 g/mol. The molecular weight excluding hydrogens is 376 g/mol. The number of methoxy groups -OCH3 is 1. The molecule has 0 atom stereocenters. The van der Waals surface area contributed by atoms with Gasteiger partial charge in [0.2, 0.25) is 0 Å². The number of anilines is 1. The molecule has 148 valence electrons. The van der Waals surface area contributed by atoms with Crippen LogP contribution in [0.2, 0.25) is 0 Å². The van der Waals surface area contributed by atoms with E-state index >= 15 is 0 Å². The highest BCUT2D eigenvalue weighted by atomic mass is 16.6. The third-order valence-electron chi connectivity index (χ3n) is 4.14. The maximum absolute atomic E-state index is 12.0. The van der Waals surface area contributed by atoms with E-state index in [1.807, 2.05) is 42.5 Å². The molecule has 3 aromatic carbocycles. The molecule has 0 spiro atoms. The maximum atomic E-state index is 12.0. The number of phenolic OH excluding ortho intramolecular Hbond substituents is 1. The lowest BCUT2D eigenvalue weighted by molar-refractivity contribution is -0.385. The molecule has 0 aliphatic carbocycles. The topological polar surface area (TPSA) is 126 Å².